The predicted molar refractivity (Wildman–Crippen MR) is 75.5 cm³/mol. The predicted octanol–water partition coefficient (Wildman–Crippen LogP) is 2.02. The van der Waals surface area contributed by atoms with Crippen LogP contribution in [0.4, 0.5) is 5.69 Å². The molecule has 20 heavy (non-hydrogen) atoms. The fraction of sp³-hybridized carbons (Fsp3) is 0.500. The molecule has 6 nitrogen and oxygen atoms in total. The number of nitro groups is 1. The molecule has 0 radical (unpaired) electrons. The minimum Gasteiger partial charge on any atom is -0.465 e. The molecule has 0 aliphatic rings. The number of esters is 1. The van der Waals surface area contributed by atoms with Crippen LogP contribution in [-0.2, 0) is 16.0 Å². The molecule has 0 spiro atoms. The fourth-order valence-electron chi connectivity index (χ4n) is 1.81. The molecule has 0 aliphatic carbocycles. The van der Waals surface area contributed by atoms with Gasteiger partial charge >= 0.3 is 5.97 Å². The summed E-state index contributed by atoms with van der Waals surface area (Å²) in [5, 5.41) is 10.6. The van der Waals surface area contributed by atoms with Crippen LogP contribution in [0.1, 0.15) is 19.4 Å². The molecular weight excluding hydrogens is 260 g/mol. The van der Waals surface area contributed by atoms with Crippen molar-refractivity contribution in [3.63, 3.8) is 0 Å². The van der Waals surface area contributed by atoms with Gasteiger partial charge in [-0.15, -0.1) is 0 Å². The second kappa shape index (κ2) is 8.27. The average molecular weight is 280 g/mol. The molecule has 0 N–H and O–H groups in total. The van der Waals surface area contributed by atoms with E-state index in [9.17, 15) is 14.9 Å². The van der Waals surface area contributed by atoms with Gasteiger partial charge in [0.1, 0.15) is 0 Å². The van der Waals surface area contributed by atoms with E-state index in [4.69, 9.17) is 4.74 Å². The molecule has 0 heterocycles. The van der Waals surface area contributed by atoms with E-state index in [0.717, 1.165) is 18.5 Å². The molecule has 0 aromatic heterocycles. The molecule has 0 fully saturated rings. The summed E-state index contributed by atoms with van der Waals surface area (Å²) < 4.78 is 4.91. The Morgan fingerprint density at radius 2 is 1.95 bits per heavy atom. The summed E-state index contributed by atoms with van der Waals surface area (Å²) in [4.78, 5) is 23.5. The number of benzene rings is 1. The van der Waals surface area contributed by atoms with Crippen molar-refractivity contribution < 1.29 is 14.5 Å². The summed E-state index contributed by atoms with van der Waals surface area (Å²) in [6, 6.07) is 6.49. The van der Waals surface area contributed by atoms with Gasteiger partial charge in [-0.3, -0.25) is 19.8 Å². The fourth-order valence-corrected chi connectivity index (χ4v) is 1.81. The lowest BCUT2D eigenvalue weighted by atomic mass is 10.1. The summed E-state index contributed by atoms with van der Waals surface area (Å²) in [5.74, 6) is -0.224. The highest BCUT2D eigenvalue weighted by Gasteiger charge is 2.10. The highest BCUT2D eigenvalue weighted by atomic mass is 16.6. The van der Waals surface area contributed by atoms with Gasteiger partial charge in [0.15, 0.2) is 0 Å². The lowest BCUT2D eigenvalue weighted by molar-refractivity contribution is -0.384. The van der Waals surface area contributed by atoms with Crippen LogP contribution in [0.25, 0.3) is 0 Å². The SMILES string of the molecule is CCOC(=O)CN(CC)CCc1ccc([N+](=O)[O-])cc1. The minimum absolute atomic E-state index is 0.0904. The first kappa shape index (κ1) is 16.1. The maximum Gasteiger partial charge on any atom is 0.320 e. The van der Waals surface area contributed by atoms with Gasteiger partial charge in [0.05, 0.1) is 18.1 Å². The molecular formula is C14H20N2O4. The number of carbonyl (C=O) groups is 1. The van der Waals surface area contributed by atoms with Crippen molar-refractivity contribution in [2.45, 2.75) is 20.3 Å². The lowest BCUT2D eigenvalue weighted by Gasteiger charge is -2.19. The maximum atomic E-state index is 11.4. The Morgan fingerprint density at radius 1 is 1.30 bits per heavy atom. The molecule has 0 atom stereocenters. The van der Waals surface area contributed by atoms with Gasteiger partial charge < -0.3 is 4.74 Å². The number of carbonyl (C=O) groups excluding carboxylic acids is 1. The van der Waals surface area contributed by atoms with Crippen LogP contribution >= 0.6 is 0 Å². The maximum absolute atomic E-state index is 11.4. The lowest BCUT2D eigenvalue weighted by Crippen LogP contribution is -2.32. The summed E-state index contributed by atoms with van der Waals surface area (Å²) in [6.07, 6.45) is 0.741. The molecule has 1 rings (SSSR count). The third-order valence-corrected chi connectivity index (χ3v) is 2.97. The van der Waals surface area contributed by atoms with Gasteiger partial charge in [-0.05, 0) is 25.5 Å². The molecule has 110 valence electrons. The third kappa shape index (κ3) is 5.36. The molecule has 0 bridgehead atoms. The minimum atomic E-state index is -0.414. The summed E-state index contributed by atoms with van der Waals surface area (Å²) in [7, 11) is 0. The molecule has 0 aliphatic heterocycles. The number of nitro benzene ring substituents is 1. The highest BCUT2D eigenvalue weighted by Crippen LogP contribution is 2.12. The number of nitrogens with zero attached hydrogens (tertiary/aromatic N) is 2. The zero-order valence-electron chi connectivity index (χ0n) is 11.9. The Morgan fingerprint density at radius 3 is 2.45 bits per heavy atom. The average Bonchev–Trinajstić information content (AvgIpc) is 2.44. The van der Waals surface area contributed by atoms with Gasteiger partial charge in [-0.25, -0.2) is 0 Å². The highest BCUT2D eigenvalue weighted by molar-refractivity contribution is 5.71. The second-order valence-corrected chi connectivity index (χ2v) is 4.35. The van der Waals surface area contributed by atoms with E-state index in [2.05, 4.69) is 0 Å². The van der Waals surface area contributed by atoms with Gasteiger partial charge in [0, 0.05) is 18.7 Å². The van der Waals surface area contributed by atoms with Crippen molar-refractivity contribution in [1.82, 2.24) is 4.90 Å². The number of hydrogen-bond acceptors (Lipinski definition) is 5. The topological polar surface area (TPSA) is 72.7 Å². The van der Waals surface area contributed by atoms with Crippen LogP contribution in [0.15, 0.2) is 24.3 Å². The van der Waals surface area contributed by atoms with Crippen molar-refractivity contribution in [2.24, 2.45) is 0 Å². The number of likely N-dealkylation sites (N-methyl/N-ethyl adjacent to an activating group) is 1. The van der Waals surface area contributed by atoms with E-state index < -0.39 is 4.92 Å². The van der Waals surface area contributed by atoms with Gasteiger partial charge in [-0.2, -0.15) is 0 Å². The monoisotopic (exact) mass is 280 g/mol. The smallest absolute Gasteiger partial charge is 0.320 e. The van der Waals surface area contributed by atoms with E-state index in [1.807, 2.05) is 11.8 Å². The van der Waals surface area contributed by atoms with Crippen molar-refractivity contribution in [3.05, 3.63) is 39.9 Å². The van der Waals surface area contributed by atoms with Crippen LogP contribution in [0, 0.1) is 10.1 Å². The third-order valence-electron chi connectivity index (χ3n) is 2.97. The summed E-state index contributed by atoms with van der Waals surface area (Å²) in [5.41, 5.74) is 1.10. The molecule has 0 amide bonds. The largest absolute Gasteiger partial charge is 0.465 e. The zero-order chi connectivity index (χ0) is 15.0. The van der Waals surface area contributed by atoms with Crippen LogP contribution in [-0.4, -0.2) is 42.0 Å². The van der Waals surface area contributed by atoms with Gasteiger partial charge in [0.25, 0.3) is 5.69 Å². The Balaban J connectivity index is 2.47. The summed E-state index contributed by atoms with van der Waals surface area (Å²) in [6.45, 7) is 5.90. The van der Waals surface area contributed by atoms with E-state index in [1.165, 1.54) is 12.1 Å². The zero-order valence-corrected chi connectivity index (χ0v) is 11.9. The van der Waals surface area contributed by atoms with Crippen molar-refractivity contribution >= 4 is 11.7 Å². The Labute approximate surface area is 118 Å². The Hall–Kier alpha value is -1.95. The quantitative estimate of drug-likeness (QED) is 0.414. The number of hydrogen-bond donors (Lipinski definition) is 0. The first-order chi connectivity index (χ1) is 9.56. The molecule has 0 unspecified atom stereocenters. The van der Waals surface area contributed by atoms with Crippen LogP contribution in [0.5, 0.6) is 0 Å². The first-order valence-corrected chi connectivity index (χ1v) is 6.68. The van der Waals surface area contributed by atoms with Crippen molar-refractivity contribution in [3.8, 4) is 0 Å². The second-order valence-electron chi connectivity index (χ2n) is 4.35. The molecule has 6 heteroatoms. The van der Waals surface area contributed by atoms with E-state index in [-0.39, 0.29) is 18.2 Å². The van der Waals surface area contributed by atoms with Gasteiger partial charge in [-0.1, -0.05) is 19.1 Å². The van der Waals surface area contributed by atoms with Crippen LogP contribution in [0.2, 0.25) is 0 Å². The Kier molecular flexibility index (Phi) is 6.66. The number of rotatable bonds is 8. The van der Waals surface area contributed by atoms with E-state index >= 15 is 0 Å². The molecule has 0 saturated carbocycles. The molecule has 1 aromatic rings. The summed E-state index contributed by atoms with van der Waals surface area (Å²) >= 11 is 0. The van der Waals surface area contributed by atoms with E-state index in [1.54, 1.807) is 19.1 Å². The Bertz CT molecular complexity index is 445. The van der Waals surface area contributed by atoms with Crippen molar-refractivity contribution in [1.29, 1.82) is 0 Å². The van der Waals surface area contributed by atoms with Crippen LogP contribution < -0.4 is 0 Å². The van der Waals surface area contributed by atoms with Crippen molar-refractivity contribution in [2.75, 3.05) is 26.2 Å². The first-order valence-electron chi connectivity index (χ1n) is 6.68. The standard InChI is InChI=1S/C14H20N2O4/c1-3-15(11-14(17)20-4-2)10-9-12-5-7-13(8-6-12)16(18)19/h5-8H,3-4,9-11H2,1-2H3. The molecule has 1 aromatic carbocycles. The van der Waals surface area contributed by atoms with Crippen LogP contribution in [0.3, 0.4) is 0 Å². The molecule has 0 saturated heterocycles. The number of non-ortho nitro benzene ring substituents is 1. The van der Waals surface area contributed by atoms with Gasteiger partial charge in [0.2, 0.25) is 0 Å². The normalized spacial score (nSPS) is 10.6. The number of ether oxygens (including phenoxy) is 1. The van der Waals surface area contributed by atoms with E-state index in [0.29, 0.717) is 13.2 Å².